The third-order valence-electron chi connectivity index (χ3n) is 1.93. The van der Waals surface area contributed by atoms with E-state index in [0.717, 1.165) is 0 Å². The van der Waals surface area contributed by atoms with Crippen LogP contribution in [0.5, 0.6) is 5.75 Å². The number of nitriles is 1. The van der Waals surface area contributed by atoms with Crippen LogP contribution >= 0.6 is 0 Å². The fourth-order valence-corrected chi connectivity index (χ4v) is 1.17. The molecule has 15 heavy (non-hydrogen) atoms. The molecule has 0 spiro atoms. The van der Waals surface area contributed by atoms with E-state index >= 15 is 0 Å². The highest BCUT2D eigenvalue weighted by Gasteiger charge is 2.13. The van der Waals surface area contributed by atoms with Crippen molar-refractivity contribution in [2.75, 3.05) is 0 Å². The van der Waals surface area contributed by atoms with Gasteiger partial charge in [-0.3, -0.25) is 0 Å². The van der Waals surface area contributed by atoms with E-state index in [2.05, 4.69) is 0 Å². The molecule has 1 aliphatic rings. The number of hydrogen-bond donors (Lipinski definition) is 0. The average Bonchev–Trinajstić information content (AvgIpc) is 2.65. The first-order valence-corrected chi connectivity index (χ1v) is 4.60. The molecule has 2 rings (SSSR count). The SMILES string of the molecule is CC1C=CN(Oc2ccc(C#N)cc2)O1. The van der Waals surface area contributed by atoms with Crippen LogP contribution in [0.3, 0.4) is 0 Å². The second-order valence-corrected chi connectivity index (χ2v) is 3.16. The molecule has 1 atom stereocenters. The van der Waals surface area contributed by atoms with Crippen LogP contribution in [0.15, 0.2) is 36.5 Å². The average molecular weight is 202 g/mol. The lowest BCUT2D eigenvalue weighted by Gasteiger charge is -2.15. The van der Waals surface area contributed by atoms with Crippen LogP contribution < -0.4 is 4.84 Å². The minimum Gasteiger partial charge on any atom is -0.354 e. The number of benzene rings is 1. The van der Waals surface area contributed by atoms with Crippen LogP contribution in [0.2, 0.25) is 0 Å². The molecular weight excluding hydrogens is 192 g/mol. The van der Waals surface area contributed by atoms with Crippen LogP contribution in [0, 0.1) is 11.3 Å². The Labute approximate surface area is 87.8 Å². The van der Waals surface area contributed by atoms with Crippen LogP contribution in [0.1, 0.15) is 12.5 Å². The van der Waals surface area contributed by atoms with Crippen LogP contribution in [0.4, 0.5) is 0 Å². The maximum absolute atomic E-state index is 8.61. The van der Waals surface area contributed by atoms with Gasteiger partial charge in [-0.05, 0) is 37.3 Å². The molecule has 1 heterocycles. The molecule has 0 N–H and O–H groups in total. The quantitative estimate of drug-likeness (QED) is 0.735. The van der Waals surface area contributed by atoms with Gasteiger partial charge < -0.3 is 4.84 Å². The Morgan fingerprint density at radius 3 is 2.67 bits per heavy atom. The molecule has 4 heteroatoms. The Morgan fingerprint density at radius 1 is 1.40 bits per heavy atom. The summed E-state index contributed by atoms with van der Waals surface area (Å²) in [5, 5.41) is 9.91. The van der Waals surface area contributed by atoms with Gasteiger partial charge in [-0.15, -0.1) is 0 Å². The van der Waals surface area contributed by atoms with Crippen LogP contribution in [-0.2, 0) is 4.84 Å². The summed E-state index contributed by atoms with van der Waals surface area (Å²) in [4.78, 5) is 10.6. The van der Waals surface area contributed by atoms with Crippen molar-refractivity contribution in [3.8, 4) is 11.8 Å². The van der Waals surface area contributed by atoms with Crippen molar-refractivity contribution in [2.45, 2.75) is 13.0 Å². The highest BCUT2D eigenvalue weighted by atomic mass is 17.0. The summed E-state index contributed by atoms with van der Waals surface area (Å²) in [5.41, 5.74) is 0.605. The molecule has 0 saturated carbocycles. The third-order valence-corrected chi connectivity index (χ3v) is 1.93. The predicted octanol–water partition coefficient (Wildman–Crippen LogP) is 2.00. The summed E-state index contributed by atoms with van der Waals surface area (Å²) in [5.74, 6) is 0.632. The Morgan fingerprint density at radius 2 is 2.13 bits per heavy atom. The monoisotopic (exact) mass is 202 g/mol. The van der Waals surface area contributed by atoms with Gasteiger partial charge in [-0.1, -0.05) is 5.23 Å². The van der Waals surface area contributed by atoms with Gasteiger partial charge in [0, 0.05) is 0 Å². The number of hydrogen-bond acceptors (Lipinski definition) is 4. The zero-order chi connectivity index (χ0) is 10.7. The first-order chi connectivity index (χ1) is 7.28. The van der Waals surface area contributed by atoms with E-state index in [1.165, 1.54) is 5.23 Å². The molecule has 1 aliphatic heterocycles. The van der Waals surface area contributed by atoms with E-state index < -0.39 is 0 Å². The summed E-state index contributed by atoms with van der Waals surface area (Å²) < 4.78 is 0. The molecule has 0 fully saturated rings. The molecule has 0 aliphatic carbocycles. The normalized spacial score (nSPS) is 18.9. The Bertz CT molecular complexity index is 406. The van der Waals surface area contributed by atoms with Gasteiger partial charge in [-0.25, -0.2) is 4.84 Å². The highest BCUT2D eigenvalue weighted by molar-refractivity contribution is 5.34. The molecule has 0 amide bonds. The lowest BCUT2D eigenvalue weighted by molar-refractivity contribution is -0.281. The third kappa shape index (κ3) is 2.27. The van der Waals surface area contributed by atoms with E-state index in [-0.39, 0.29) is 6.10 Å². The van der Waals surface area contributed by atoms with E-state index in [0.29, 0.717) is 11.3 Å². The summed E-state index contributed by atoms with van der Waals surface area (Å²) in [6, 6.07) is 8.87. The van der Waals surface area contributed by atoms with Crippen molar-refractivity contribution in [1.82, 2.24) is 5.23 Å². The minimum atomic E-state index is 0.0309. The van der Waals surface area contributed by atoms with Crippen molar-refractivity contribution >= 4 is 0 Å². The maximum atomic E-state index is 8.61. The molecule has 0 saturated heterocycles. The van der Waals surface area contributed by atoms with E-state index in [1.807, 2.05) is 19.1 Å². The van der Waals surface area contributed by atoms with Crippen molar-refractivity contribution < 1.29 is 9.68 Å². The van der Waals surface area contributed by atoms with E-state index in [1.54, 1.807) is 30.5 Å². The summed E-state index contributed by atoms with van der Waals surface area (Å²) >= 11 is 0. The molecular formula is C11H10N2O2. The Hall–Kier alpha value is -1.99. The second-order valence-electron chi connectivity index (χ2n) is 3.16. The summed E-state index contributed by atoms with van der Waals surface area (Å²) in [7, 11) is 0. The van der Waals surface area contributed by atoms with Crippen molar-refractivity contribution in [1.29, 1.82) is 5.26 Å². The molecule has 0 aromatic heterocycles. The molecule has 0 bridgehead atoms. The number of nitrogens with zero attached hydrogens (tertiary/aromatic N) is 2. The van der Waals surface area contributed by atoms with Gasteiger partial charge in [0.2, 0.25) is 0 Å². The zero-order valence-electron chi connectivity index (χ0n) is 8.25. The Kier molecular flexibility index (Phi) is 2.57. The van der Waals surface area contributed by atoms with E-state index in [9.17, 15) is 0 Å². The fourth-order valence-electron chi connectivity index (χ4n) is 1.17. The lowest BCUT2D eigenvalue weighted by Crippen LogP contribution is -2.20. The molecule has 76 valence electrons. The topological polar surface area (TPSA) is 45.5 Å². The van der Waals surface area contributed by atoms with Gasteiger partial charge in [0.15, 0.2) is 5.75 Å². The molecule has 1 unspecified atom stereocenters. The predicted molar refractivity (Wildman–Crippen MR) is 53.3 cm³/mol. The number of rotatable bonds is 2. The second kappa shape index (κ2) is 4.03. The fraction of sp³-hybridized carbons (Fsp3) is 0.182. The smallest absolute Gasteiger partial charge is 0.158 e. The summed E-state index contributed by atoms with van der Waals surface area (Å²) in [6.07, 6.45) is 3.62. The van der Waals surface area contributed by atoms with E-state index in [4.69, 9.17) is 14.9 Å². The minimum absolute atomic E-state index is 0.0309. The first kappa shape index (κ1) is 9.56. The molecule has 0 radical (unpaired) electrons. The lowest BCUT2D eigenvalue weighted by atomic mass is 10.2. The van der Waals surface area contributed by atoms with Gasteiger partial charge in [0.25, 0.3) is 0 Å². The van der Waals surface area contributed by atoms with Crippen LogP contribution in [0.25, 0.3) is 0 Å². The van der Waals surface area contributed by atoms with Crippen molar-refractivity contribution in [3.05, 3.63) is 42.1 Å². The number of hydroxylamine groups is 2. The summed E-state index contributed by atoms with van der Waals surface area (Å²) in [6.45, 7) is 1.92. The molecule has 4 nitrogen and oxygen atoms in total. The van der Waals surface area contributed by atoms with Gasteiger partial charge in [0.05, 0.1) is 17.8 Å². The standard InChI is InChI=1S/C11H10N2O2/c1-9-6-7-13(14-9)15-11-4-2-10(8-12)3-5-11/h2-7,9H,1H3. The van der Waals surface area contributed by atoms with Crippen LogP contribution in [-0.4, -0.2) is 11.3 Å². The Balaban J connectivity index is 2.00. The van der Waals surface area contributed by atoms with Gasteiger partial charge >= 0.3 is 0 Å². The first-order valence-electron chi connectivity index (χ1n) is 4.60. The van der Waals surface area contributed by atoms with Crippen molar-refractivity contribution in [2.24, 2.45) is 0 Å². The molecule has 1 aromatic carbocycles. The maximum Gasteiger partial charge on any atom is 0.158 e. The molecule has 1 aromatic rings. The van der Waals surface area contributed by atoms with Gasteiger partial charge in [-0.2, -0.15) is 5.26 Å². The van der Waals surface area contributed by atoms with Gasteiger partial charge in [0.1, 0.15) is 6.10 Å². The largest absolute Gasteiger partial charge is 0.354 e. The highest BCUT2D eigenvalue weighted by Crippen LogP contribution is 2.16. The van der Waals surface area contributed by atoms with Crippen molar-refractivity contribution in [3.63, 3.8) is 0 Å². The zero-order valence-corrected chi connectivity index (χ0v) is 8.25.